The molecule has 1 aromatic carbocycles. The molecule has 4 heteroatoms. The van der Waals surface area contributed by atoms with Crippen molar-refractivity contribution >= 4 is 28.6 Å². The third kappa shape index (κ3) is 6.63. The second kappa shape index (κ2) is 6.35. The van der Waals surface area contributed by atoms with E-state index < -0.39 is 5.60 Å². The lowest BCUT2D eigenvalue weighted by Crippen LogP contribution is -2.31. The molecule has 0 saturated heterocycles. The second-order valence-corrected chi connectivity index (χ2v) is 6.07. The maximum Gasteiger partial charge on any atom is 0.320 e. The summed E-state index contributed by atoms with van der Waals surface area (Å²) < 4.78 is 6.39. The Morgan fingerprint density at radius 1 is 1.41 bits per heavy atom. The topological polar surface area (TPSA) is 38.3 Å². The second-order valence-electron chi connectivity index (χ2n) is 4.82. The van der Waals surface area contributed by atoms with Crippen LogP contribution in [0.5, 0.6) is 0 Å². The van der Waals surface area contributed by atoms with Crippen LogP contribution in [0.1, 0.15) is 26.3 Å². The van der Waals surface area contributed by atoms with Gasteiger partial charge in [-0.05, 0) is 61.1 Å². The first-order valence-electron chi connectivity index (χ1n) is 5.54. The van der Waals surface area contributed by atoms with Crippen molar-refractivity contribution in [2.75, 3.05) is 6.54 Å². The fraction of sp³-hybridized carbons (Fsp3) is 0.462. The number of halogens is 1. The zero-order chi connectivity index (χ0) is 12.9. The monoisotopic (exact) mass is 347 g/mol. The van der Waals surface area contributed by atoms with Crippen molar-refractivity contribution in [1.82, 2.24) is 5.32 Å². The first kappa shape index (κ1) is 14.4. The van der Waals surface area contributed by atoms with Gasteiger partial charge in [0.2, 0.25) is 0 Å². The minimum atomic E-state index is -0.416. The van der Waals surface area contributed by atoms with Gasteiger partial charge in [0.05, 0.1) is 6.54 Å². The van der Waals surface area contributed by atoms with Crippen LogP contribution >= 0.6 is 22.6 Å². The van der Waals surface area contributed by atoms with E-state index in [9.17, 15) is 4.79 Å². The van der Waals surface area contributed by atoms with Crippen LogP contribution in [0.15, 0.2) is 24.3 Å². The van der Waals surface area contributed by atoms with E-state index in [1.807, 2.05) is 39.0 Å². The average Bonchev–Trinajstić information content (AvgIpc) is 2.14. The molecular weight excluding hydrogens is 329 g/mol. The largest absolute Gasteiger partial charge is 0.459 e. The van der Waals surface area contributed by atoms with Crippen molar-refractivity contribution < 1.29 is 9.53 Å². The number of carbonyl (C=O) groups is 1. The molecule has 0 unspecified atom stereocenters. The van der Waals surface area contributed by atoms with Gasteiger partial charge in [-0.3, -0.25) is 4.79 Å². The van der Waals surface area contributed by atoms with Gasteiger partial charge in [0.1, 0.15) is 5.60 Å². The Balaban J connectivity index is 2.31. The van der Waals surface area contributed by atoms with E-state index in [1.165, 1.54) is 9.13 Å². The Morgan fingerprint density at radius 3 is 2.71 bits per heavy atom. The van der Waals surface area contributed by atoms with E-state index in [4.69, 9.17) is 4.74 Å². The van der Waals surface area contributed by atoms with Crippen molar-refractivity contribution in [2.45, 2.75) is 32.9 Å². The van der Waals surface area contributed by atoms with E-state index in [1.54, 1.807) is 0 Å². The summed E-state index contributed by atoms with van der Waals surface area (Å²) in [5, 5.41) is 3.07. The molecule has 0 aromatic heterocycles. The van der Waals surface area contributed by atoms with Gasteiger partial charge in [0.15, 0.2) is 0 Å². The Hall–Kier alpha value is -0.620. The molecule has 0 fully saturated rings. The molecule has 94 valence electrons. The quantitative estimate of drug-likeness (QED) is 0.672. The summed E-state index contributed by atoms with van der Waals surface area (Å²) in [5.41, 5.74) is 0.751. The van der Waals surface area contributed by atoms with Crippen molar-refractivity contribution in [3.05, 3.63) is 33.4 Å². The first-order valence-corrected chi connectivity index (χ1v) is 6.62. The van der Waals surface area contributed by atoms with E-state index >= 15 is 0 Å². The fourth-order valence-corrected chi connectivity index (χ4v) is 1.94. The van der Waals surface area contributed by atoms with E-state index in [0.717, 1.165) is 0 Å². The van der Waals surface area contributed by atoms with Crippen LogP contribution in [0.4, 0.5) is 0 Å². The van der Waals surface area contributed by atoms with Crippen LogP contribution in [0, 0.1) is 3.57 Å². The summed E-state index contributed by atoms with van der Waals surface area (Å²) in [6.07, 6.45) is 0. The summed E-state index contributed by atoms with van der Waals surface area (Å²) in [5.74, 6) is -0.219. The first-order chi connectivity index (χ1) is 7.87. The van der Waals surface area contributed by atoms with E-state index in [2.05, 4.69) is 34.0 Å². The van der Waals surface area contributed by atoms with E-state index in [-0.39, 0.29) is 12.5 Å². The molecule has 0 aliphatic carbocycles. The highest BCUT2D eigenvalue weighted by molar-refractivity contribution is 14.1. The number of ether oxygens (including phenoxy) is 1. The Morgan fingerprint density at radius 2 is 2.12 bits per heavy atom. The van der Waals surface area contributed by atoms with Crippen LogP contribution in [0.3, 0.4) is 0 Å². The summed E-state index contributed by atoms with van der Waals surface area (Å²) in [6, 6.07) is 8.16. The van der Waals surface area contributed by atoms with Gasteiger partial charge < -0.3 is 10.1 Å². The van der Waals surface area contributed by atoms with Gasteiger partial charge in [-0.2, -0.15) is 0 Å². The molecule has 0 amide bonds. The lowest BCUT2D eigenvalue weighted by atomic mass is 10.2. The summed E-state index contributed by atoms with van der Waals surface area (Å²) >= 11 is 2.27. The van der Waals surface area contributed by atoms with Crippen LogP contribution in [0.25, 0.3) is 0 Å². The zero-order valence-corrected chi connectivity index (χ0v) is 12.6. The zero-order valence-electron chi connectivity index (χ0n) is 10.4. The number of rotatable bonds is 4. The van der Waals surface area contributed by atoms with Crippen LogP contribution < -0.4 is 5.32 Å². The average molecular weight is 347 g/mol. The standard InChI is InChI=1S/C13H18INO2/c1-13(2,3)17-12(16)9-15-8-10-5-4-6-11(14)7-10/h4-7,15H,8-9H2,1-3H3. The van der Waals surface area contributed by atoms with Crippen LogP contribution in [-0.4, -0.2) is 18.1 Å². The number of nitrogens with one attached hydrogen (secondary N) is 1. The molecule has 0 atom stereocenters. The number of hydrogen-bond donors (Lipinski definition) is 1. The fourth-order valence-electron chi connectivity index (χ4n) is 1.33. The summed E-state index contributed by atoms with van der Waals surface area (Å²) in [7, 11) is 0. The Labute approximate surface area is 116 Å². The molecule has 1 N–H and O–H groups in total. The number of esters is 1. The molecule has 0 spiro atoms. The maximum atomic E-state index is 11.4. The van der Waals surface area contributed by atoms with Gasteiger partial charge in [0, 0.05) is 10.1 Å². The normalized spacial score (nSPS) is 11.3. The SMILES string of the molecule is CC(C)(C)OC(=O)CNCc1cccc(I)c1. The predicted octanol–water partition coefficient (Wildman–Crippen LogP) is 2.72. The van der Waals surface area contributed by atoms with Gasteiger partial charge in [-0.1, -0.05) is 12.1 Å². The predicted molar refractivity (Wildman–Crippen MR) is 76.7 cm³/mol. The maximum absolute atomic E-state index is 11.4. The lowest BCUT2D eigenvalue weighted by molar-refractivity contribution is -0.153. The van der Waals surface area contributed by atoms with E-state index in [0.29, 0.717) is 6.54 Å². The summed E-state index contributed by atoms with van der Waals surface area (Å²) in [4.78, 5) is 11.4. The molecule has 0 radical (unpaired) electrons. The molecule has 0 heterocycles. The molecule has 0 bridgehead atoms. The summed E-state index contributed by atoms with van der Waals surface area (Å²) in [6.45, 7) is 6.51. The Kier molecular flexibility index (Phi) is 5.39. The van der Waals surface area contributed by atoms with Crippen molar-refractivity contribution in [2.24, 2.45) is 0 Å². The van der Waals surface area contributed by atoms with Gasteiger partial charge in [-0.25, -0.2) is 0 Å². The third-order valence-corrected chi connectivity index (χ3v) is 2.58. The molecule has 1 aromatic rings. The van der Waals surface area contributed by atoms with Crippen molar-refractivity contribution in [3.8, 4) is 0 Å². The van der Waals surface area contributed by atoms with Gasteiger partial charge in [0.25, 0.3) is 0 Å². The smallest absolute Gasteiger partial charge is 0.320 e. The molecule has 0 aliphatic heterocycles. The molecule has 3 nitrogen and oxygen atoms in total. The van der Waals surface area contributed by atoms with Crippen LogP contribution in [-0.2, 0) is 16.1 Å². The molecule has 0 aliphatic rings. The molecule has 1 rings (SSSR count). The minimum absolute atomic E-state index is 0.219. The number of benzene rings is 1. The van der Waals surface area contributed by atoms with Gasteiger partial charge >= 0.3 is 5.97 Å². The molecule has 0 saturated carbocycles. The minimum Gasteiger partial charge on any atom is -0.459 e. The lowest BCUT2D eigenvalue weighted by Gasteiger charge is -2.19. The van der Waals surface area contributed by atoms with Crippen molar-refractivity contribution in [1.29, 1.82) is 0 Å². The number of hydrogen-bond acceptors (Lipinski definition) is 3. The highest BCUT2D eigenvalue weighted by atomic mass is 127. The van der Waals surface area contributed by atoms with Gasteiger partial charge in [-0.15, -0.1) is 0 Å². The highest BCUT2D eigenvalue weighted by Gasteiger charge is 2.15. The number of carbonyl (C=O) groups excluding carboxylic acids is 1. The van der Waals surface area contributed by atoms with Crippen molar-refractivity contribution in [3.63, 3.8) is 0 Å². The Bertz CT molecular complexity index is 385. The molecule has 17 heavy (non-hydrogen) atoms. The highest BCUT2D eigenvalue weighted by Crippen LogP contribution is 2.08. The third-order valence-electron chi connectivity index (χ3n) is 1.91. The van der Waals surface area contributed by atoms with Crippen LogP contribution in [0.2, 0.25) is 0 Å². The molecular formula is C13H18INO2.